The van der Waals surface area contributed by atoms with Gasteiger partial charge in [-0.2, -0.15) is 10.4 Å². The molecule has 3 rings (SSSR count). The van der Waals surface area contributed by atoms with Crippen molar-refractivity contribution in [1.82, 2.24) is 19.9 Å². The predicted octanol–water partition coefficient (Wildman–Crippen LogP) is 4.03. The highest BCUT2D eigenvalue weighted by Crippen LogP contribution is 2.41. The number of imidazole rings is 1. The first-order valence-corrected chi connectivity index (χ1v) is 10.3. The summed E-state index contributed by atoms with van der Waals surface area (Å²) in [6, 6.07) is 2.68. The third-order valence-corrected chi connectivity index (χ3v) is 5.32. The summed E-state index contributed by atoms with van der Waals surface area (Å²) in [6.45, 7) is 5.26. The molecule has 0 radical (unpaired) electrons. The van der Waals surface area contributed by atoms with Crippen LogP contribution in [0.5, 0.6) is 0 Å². The molecule has 1 fully saturated rings. The zero-order valence-corrected chi connectivity index (χ0v) is 17.9. The number of nitrogens with two attached hydrogens (primary N) is 1. The molecule has 31 heavy (non-hydrogen) atoms. The van der Waals surface area contributed by atoms with Gasteiger partial charge in [0.05, 0.1) is 36.6 Å². The van der Waals surface area contributed by atoms with Crippen LogP contribution in [0.1, 0.15) is 76.2 Å². The largest absolute Gasteiger partial charge is 0.444 e. The molecule has 10 heteroatoms. The van der Waals surface area contributed by atoms with Gasteiger partial charge in [0.1, 0.15) is 5.60 Å². The molecule has 1 amide bonds. The van der Waals surface area contributed by atoms with E-state index in [1.165, 1.54) is 0 Å². The zero-order valence-electron chi connectivity index (χ0n) is 17.9. The van der Waals surface area contributed by atoms with Crippen LogP contribution in [0, 0.1) is 17.2 Å². The molecule has 0 aromatic carbocycles. The molecule has 1 saturated carbocycles. The average Bonchev–Trinajstić information content (AvgIpc) is 3.08. The number of alkyl carbamates (subject to hydrolysis) is 1. The number of fused-ring (bicyclic) bond motifs is 1. The van der Waals surface area contributed by atoms with Crippen LogP contribution in [0.4, 0.5) is 13.6 Å². The fourth-order valence-corrected chi connectivity index (χ4v) is 3.74. The predicted molar refractivity (Wildman–Crippen MR) is 109 cm³/mol. The molecule has 3 N–H and O–H groups in total. The van der Waals surface area contributed by atoms with Crippen molar-refractivity contribution in [3.8, 4) is 6.07 Å². The Kier molecular flexibility index (Phi) is 6.46. The summed E-state index contributed by atoms with van der Waals surface area (Å²) in [7, 11) is 0. The lowest BCUT2D eigenvalue weighted by Crippen LogP contribution is -2.40. The molecule has 0 spiro atoms. The number of carbonyl (C=O) groups is 1. The van der Waals surface area contributed by atoms with E-state index in [0.717, 1.165) is 0 Å². The summed E-state index contributed by atoms with van der Waals surface area (Å²) < 4.78 is 34.3. The van der Waals surface area contributed by atoms with E-state index in [-0.39, 0.29) is 38.0 Å². The number of carbonyl (C=O) groups excluding carboxylic acids is 1. The number of hydrogen-bond donors (Lipinski definition) is 2. The van der Waals surface area contributed by atoms with Gasteiger partial charge in [-0.05, 0) is 51.2 Å². The maximum atomic E-state index is 13.7. The smallest absolute Gasteiger partial charge is 0.408 e. The number of halogens is 2. The van der Waals surface area contributed by atoms with Crippen molar-refractivity contribution < 1.29 is 18.3 Å². The highest BCUT2D eigenvalue weighted by molar-refractivity contribution is 5.68. The van der Waals surface area contributed by atoms with Gasteiger partial charge in [-0.3, -0.25) is 0 Å². The van der Waals surface area contributed by atoms with Crippen molar-refractivity contribution in [3.63, 3.8) is 0 Å². The Bertz CT molecular complexity index is 968. The quantitative estimate of drug-likeness (QED) is 0.733. The Labute approximate surface area is 179 Å². The normalized spacial score (nSPS) is 18.9. The molecular weight excluding hydrogens is 406 g/mol. The van der Waals surface area contributed by atoms with E-state index in [1.54, 1.807) is 43.7 Å². The second-order valence-corrected chi connectivity index (χ2v) is 9.04. The molecule has 2 aromatic rings. The highest BCUT2D eigenvalue weighted by atomic mass is 19.3. The van der Waals surface area contributed by atoms with Crippen LogP contribution < -0.4 is 11.1 Å². The summed E-state index contributed by atoms with van der Waals surface area (Å²) in [5, 5.41) is 16.0. The average molecular weight is 434 g/mol. The topological polar surface area (TPSA) is 118 Å². The van der Waals surface area contributed by atoms with Gasteiger partial charge in [0.25, 0.3) is 0 Å². The first-order chi connectivity index (χ1) is 14.5. The van der Waals surface area contributed by atoms with Crippen molar-refractivity contribution in [2.75, 3.05) is 0 Å². The number of aromatic nitrogens is 3. The molecule has 2 heterocycles. The van der Waals surface area contributed by atoms with Gasteiger partial charge in [-0.15, -0.1) is 0 Å². The minimum absolute atomic E-state index is 0.143. The zero-order chi connectivity index (χ0) is 22.8. The summed E-state index contributed by atoms with van der Waals surface area (Å²) in [5.74, 6) is -2.89. The Hall–Kier alpha value is -2.80. The fraction of sp³-hybridized carbons (Fsp3) is 0.619. The SMILES string of the molecule is CC(C)(C)OC(=O)N[C@H](c1cn2ncc([C@@H](N)CC#N)cc2n1)C1CCC(F)(F)CC1. The van der Waals surface area contributed by atoms with Gasteiger partial charge in [0.2, 0.25) is 5.92 Å². The third kappa shape index (κ3) is 5.88. The van der Waals surface area contributed by atoms with Crippen LogP contribution in [0.3, 0.4) is 0 Å². The van der Waals surface area contributed by atoms with E-state index in [9.17, 15) is 13.6 Å². The lowest BCUT2D eigenvalue weighted by atomic mass is 9.81. The number of hydrogen-bond acceptors (Lipinski definition) is 6. The number of nitrogens with one attached hydrogen (secondary N) is 1. The van der Waals surface area contributed by atoms with Crippen LogP contribution in [0.2, 0.25) is 0 Å². The van der Waals surface area contributed by atoms with Crippen molar-refractivity contribution in [3.05, 3.63) is 29.7 Å². The number of alkyl halides is 2. The molecule has 1 aliphatic carbocycles. The molecule has 8 nitrogen and oxygen atoms in total. The van der Waals surface area contributed by atoms with Crippen LogP contribution in [0.25, 0.3) is 5.65 Å². The van der Waals surface area contributed by atoms with E-state index in [4.69, 9.17) is 15.7 Å². The van der Waals surface area contributed by atoms with Gasteiger partial charge < -0.3 is 15.8 Å². The van der Waals surface area contributed by atoms with Gasteiger partial charge >= 0.3 is 6.09 Å². The minimum Gasteiger partial charge on any atom is -0.444 e. The van der Waals surface area contributed by atoms with E-state index < -0.39 is 29.7 Å². The maximum Gasteiger partial charge on any atom is 0.408 e. The number of rotatable bonds is 5. The Morgan fingerprint density at radius 3 is 2.74 bits per heavy atom. The Balaban J connectivity index is 1.89. The second kappa shape index (κ2) is 8.75. The van der Waals surface area contributed by atoms with Crippen molar-refractivity contribution in [2.45, 2.75) is 76.5 Å². The number of nitrogens with zero attached hydrogens (tertiary/aromatic N) is 4. The van der Waals surface area contributed by atoms with Crippen molar-refractivity contribution >= 4 is 11.7 Å². The van der Waals surface area contributed by atoms with E-state index >= 15 is 0 Å². The van der Waals surface area contributed by atoms with Crippen LogP contribution in [-0.2, 0) is 4.74 Å². The molecule has 0 aliphatic heterocycles. The van der Waals surface area contributed by atoms with E-state index in [2.05, 4.69) is 15.4 Å². The standard InChI is InChI=1S/C21H28F2N6O2/c1-20(2,3)31-19(30)28-18(13-4-7-21(22,23)8-5-13)16-12-29-17(27-16)10-14(11-26-29)15(25)6-9-24/h10-13,15,18H,4-8,25H2,1-3H3,(H,28,30)/t15-,18-/m0/s1. The monoisotopic (exact) mass is 434 g/mol. The van der Waals surface area contributed by atoms with E-state index in [0.29, 0.717) is 16.9 Å². The molecule has 1 aliphatic rings. The van der Waals surface area contributed by atoms with Gasteiger partial charge in [0, 0.05) is 18.9 Å². The third-order valence-electron chi connectivity index (χ3n) is 5.32. The lowest BCUT2D eigenvalue weighted by Gasteiger charge is -2.33. The molecule has 168 valence electrons. The molecule has 2 aromatic heterocycles. The van der Waals surface area contributed by atoms with Crippen molar-refractivity contribution in [2.24, 2.45) is 11.7 Å². The van der Waals surface area contributed by atoms with Crippen molar-refractivity contribution in [1.29, 1.82) is 5.26 Å². The summed E-state index contributed by atoms with van der Waals surface area (Å²) in [6.07, 6.45) is 2.80. The van der Waals surface area contributed by atoms with Gasteiger partial charge in [-0.1, -0.05) is 0 Å². The molecule has 2 atom stereocenters. The van der Waals surface area contributed by atoms with E-state index in [1.807, 2.05) is 6.07 Å². The van der Waals surface area contributed by atoms with Crippen LogP contribution in [0.15, 0.2) is 18.5 Å². The van der Waals surface area contributed by atoms with Crippen LogP contribution >= 0.6 is 0 Å². The minimum atomic E-state index is -2.68. The first kappa shape index (κ1) is 22.9. The summed E-state index contributed by atoms with van der Waals surface area (Å²) in [5.41, 5.74) is 6.97. The Morgan fingerprint density at radius 1 is 1.45 bits per heavy atom. The summed E-state index contributed by atoms with van der Waals surface area (Å²) >= 11 is 0. The molecule has 0 unspecified atom stereocenters. The molecular formula is C21H28F2N6O2. The highest BCUT2D eigenvalue weighted by Gasteiger charge is 2.39. The molecule has 0 saturated heterocycles. The second-order valence-electron chi connectivity index (χ2n) is 9.04. The maximum absolute atomic E-state index is 13.7. The first-order valence-electron chi connectivity index (χ1n) is 10.3. The lowest BCUT2D eigenvalue weighted by molar-refractivity contribution is -0.0500. The van der Waals surface area contributed by atoms with Crippen LogP contribution in [-0.4, -0.2) is 32.2 Å². The fourth-order valence-electron chi connectivity index (χ4n) is 3.74. The van der Waals surface area contributed by atoms with Gasteiger partial charge in [-0.25, -0.2) is 23.1 Å². The molecule has 0 bridgehead atoms. The number of ether oxygens (including phenoxy) is 1. The Morgan fingerprint density at radius 2 is 2.13 bits per heavy atom. The van der Waals surface area contributed by atoms with Gasteiger partial charge in [0.15, 0.2) is 5.65 Å². The summed E-state index contributed by atoms with van der Waals surface area (Å²) in [4.78, 5) is 17.0. The number of amides is 1. The number of nitriles is 1.